The first-order valence-corrected chi connectivity index (χ1v) is 5.90. The van der Waals surface area contributed by atoms with Crippen molar-refractivity contribution in [2.75, 3.05) is 13.2 Å². The Hall–Kier alpha value is -0.930. The number of ether oxygens (including phenoxy) is 1. The fourth-order valence-electron chi connectivity index (χ4n) is 2.69. The summed E-state index contributed by atoms with van der Waals surface area (Å²) in [6.07, 6.45) is 3.63. The second kappa shape index (κ2) is 3.54. The van der Waals surface area contributed by atoms with Gasteiger partial charge in [0, 0.05) is 36.1 Å². The highest BCUT2D eigenvalue weighted by Crippen LogP contribution is 2.45. The fraction of sp³-hybridized carbons (Fsp3) is 0.500. The van der Waals surface area contributed by atoms with Crippen molar-refractivity contribution in [1.29, 1.82) is 0 Å². The third-order valence-corrected chi connectivity index (χ3v) is 3.87. The van der Waals surface area contributed by atoms with Crippen LogP contribution < -0.4 is 0 Å². The number of hydrogen-bond donors (Lipinski definition) is 0. The van der Waals surface area contributed by atoms with E-state index in [2.05, 4.69) is 16.9 Å². The van der Waals surface area contributed by atoms with Gasteiger partial charge in [-0.15, -0.1) is 0 Å². The van der Waals surface area contributed by atoms with E-state index in [0.29, 0.717) is 5.02 Å². The second-order valence-corrected chi connectivity index (χ2v) is 4.85. The van der Waals surface area contributed by atoms with Crippen molar-refractivity contribution in [1.82, 2.24) is 4.98 Å². The highest BCUT2D eigenvalue weighted by atomic mass is 35.5. The zero-order chi connectivity index (χ0) is 11.2. The number of pyridine rings is 1. The number of aliphatic imine (C=N–C) groups is 1. The monoisotopic (exact) mass is 236 g/mol. The summed E-state index contributed by atoms with van der Waals surface area (Å²) < 4.78 is 5.44. The zero-order valence-electron chi connectivity index (χ0n) is 9.16. The van der Waals surface area contributed by atoms with E-state index in [1.165, 1.54) is 5.56 Å². The molecular formula is C12H13ClN2O. The predicted octanol–water partition coefficient (Wildman–Crippen LogP) is 2.89. The molecule has 3 rings (SSSR count). The molecule has 3 heterocycles. The molecule has 2 aliphatic heterocycles. The van der Waals surface area contributed by atoms with Crippen LogP contribution in [0.3, 0.4) is 0 Å². The minimum absolute atomic E-state index is 0.0332. The summed E-state index contributed by atoms with van der Waals surface area (Å²) in [4.78, 5) is 8.86. The van der Waals surface area contributed by atoms with Gasteiger partial charge in [-0.1, -0.05) is 11.6 Å². The van der Waals surface area contributed by atoms with E-state index in [4.69, 9.17) is 16.3 Å². The molecule has 16 heavy (non-hydrogen) atoms. The van der Waals surface area contributed by atoms with Gasteiger partial charge in [-0.05, 0) is 25.8 Å². The minimum Gasteiger partial charge on any atom is -0.381 e. The van der Waals surface area contributed by atoms with Gasteiger partial charge >= 0.3 is 0 Å². The van der Waals surface area contributed by atoms with Crippen LogP contribution in [-0.2, 0) is 10.2 Å². The van der Waals surface area contributed by atoms with Crippen molar-refractivity contribution in [3.8, 4) is 0 Å². The van der Waals surface area contributed by atoms with Crippen LogP contribution >= 0.6 is 11.6 Å². The number of nitrogens with zero attached hydrogens (tertiary/aromatic N) is 2. The number of aromatic nitrogens is 1. The molecule has 0 amide bonds. The first kappa shape index (κ1) is 10.2. The normalized spacial score (nSPS) is 22.0. The summed E-state index contributed by atoms with van der Waals surface area (Å²) in [6.45, 7) is 3.67. The number of fused-ring (bicyclic) bond motifs is 2. The molecule has 0 aromatic carbocycles. The van der Waals surface area contributed by atoms with Gasteiger partial charge in [0.1, 0.15) is 0 Å². The van der Waals surface area contributed by atoms with Gasteiger partial charge in [0.25, 0.3) is 0 Å². The van der Waals surface area contributed by atoms with E-state index in [1.807, 2.05) is 6.07 Å². The second-order valence-electron chi connectivity index (χ2n) is 4.42. The molecule has 1 spiro atoms. The Morgan fingerprint density at radius 2 is 2.12 bits per heavy atom. The molecule has 0 saturated carbocycles. The Morgan fingerprint density at radius 3 is 2.88 bits per heavy atom. The molecule has 1 fully saturated rings. The third kappa shape index (κ3) is 1.31. The van der Waals surface area contributed by atoms with E-state index in [1.54, 1.807) is 6.20 Å². The van der Waals surface area contributed by atoms with Crippen LogP contribution in [0.15, 0.2) is 17.3 Å². The van der Waals surface area contributed by atoms with Gasteiger partial charge in [0.05, 0.1) is 5.02 Å². The molecule has 0 atom stereocenters. The Labute approximate surface area is 99.5 Å². The summed E-state index contributed by atoms with van der Waals surface area (Å²) in [5, 5.41) is 0.689. The van der Waals surface area contributed by atoms with E-state index >= 15 is 0 Å². The van der Waals surface area contributed by atoms with E-state index in [-0.39, 0.29) is 5.41 Å². The minimum atomic E-state index is 0.0332. The maximum Gasteiger partial charge on any atom is 0.155 e. The molecule has 2 aliphatic rings. The van der Waals surface area contributed by atoms with Crippen LogP contribution in [0.5, 0.6) is 0 Å². The molecule has 0 N–H and O–H groups in total. The average molecular weight is 237 g/mol. The molecule has 84 valence electrons. The number of rotatable bonds is 0. The lowest BCUT2D eigenvalue weighted by Gasteiger charge is -2.34. The van der Waals surface area contributed by atoms with Gasteiger partial charge in [-0.3, -0.25) is 0 Å². The zero-order valence-corrected chi connectivity index (χ0v) is 9.92. The summed E-state index contributed by atoms with van der Waals surface area (Å²) in [5.74, 6) is 0.837. The quantitative estimate of drug-likeness (QED) is 0.694. The van der Waals surface area contributed by atoms with Crippen molar-refractivity contribution >= 4 is 23.1 Å². The van der Waals surface area contributed by atoms with Crippen LogP contribution in [-0.4, -0.2) is 23.9 Å². The fourth-order valence-corrected chi connectivity index (χ4v) is 2.84. The predicted molar refractivity (Wildman–Crippen MR) is 63.7 cm³/mol. The lowest BCUT2D eigenvalue weighted by Crippen LogP contribution is -2.37. The molecule has 1 aromatic heterocycles. The van der Waals surface area contributed by atoms with Gasteiger partial charge in [0.15, 0.2) is 5.82 Å². The van der Waals surface area contributed by atoms with Crippen LogP contribution in [0, 0.1) is 0 Å². The third-order valence-electron chi connectivity index (χ3n) is 3.66. The molecule has 0 bridgehead atoms. The van der Waals surface area contributed by atoms with E-state index in [9.17, 15) is 0 Å². The maximum absolute atomic E-state index is 6.03. The van der Waals surface area contributed by atoms with Crippen molar-refractivity contribution in [2.45, 2.75) is 25.2 Å². The molecule has 4 heteroatoms. The highest BCUT2D eigenvalue weighted by molar-refractivity contribution is 6.30. The smallest absolute Gasteiger partial charge is 0.155 e. The van der Waals surface area contributed by atoms with Crippen molar-refractivity contribution in [2.24, 2.45) is 4.99 Å². The van der Waals surface area contributed by atoms with Crippen LogP contribution in [0.4, 0.5) is 5.82 Å². The Bertz CT molecular complexity index is 464. The molecule has 3 nitrogen and oxygen atoms in total. The largest absolute Gasteiger partial charge is 0.381 e. The molecule has 0 unspecified atom stereocenters. The average Bonchev–Trinajstić information content (AvgIpc) is 2.55. The first-order chi connectivity index (χ1) is 7.72. The molecule has 1 saturated heterocycles. The summed E-state index contributed by atoms with van der Waals surface area (Å²) >= 11 is 6.03. The van der Waals surface area contributed by atoms with E-state index in [0.717, 1.165) is 37.6 Å². The molecule has 1 aromatic rings. The van der Waals surface area contributed by atoms with Crippen molar-refractivity contribution < 1.29 is 4.74 Å². The first-order valence-electron chi connectivity index (χ1n) is 5.52. The van der Waals surface area contributed by atoms with Gasteiger partial charge < -0.3 is 4.74 Å². The maximum atomic E-state index is 6.03. The van der Waals surface area contributed by atoms with Crippen molar-refractivity contribution in [3.05, 3.63) is 22.8 Å². The Morgan fingerprint density at radius 1 is 1.38 bits per heavy atom. The topological polar surface area (TPSA) is 34.5 Å². The lowest BCUT2D eigenvalue weighted by molar-refractivity contribution is 0.0716. The van der Waals surface area contributed by atoms with Crippen molar-refractivity contribution in [3.63, 3.8) is 0 Å². The highest BCUT2D eigenvalue weighted by Gasteiger charge is 2.43. The SMILES string of the molecule is CC1=Nc2ncc(Cl)cc2C12CCOCC2. The van der Waals surface area contributed by atoms with E-state index < -0.39 is 0 Å². The Balaban J connectivity index is 2.14. The van der Waals surface area contributed by atoms with Crippen LogP contribution in [0.2, 0.25) is 5.02 Å². The van der Waals surface area contributed by atoms with Gasteiger partial charge in [0.2, 0.25) is 0 Å². The van der Waals surface area contributed by atoms with Crippen LogP contribution in [0.1, 0.15) is 25.3 Å². The molecule has 0 aliphatic carbocycles. The number of halogens is 1. The number of hydrogen-bond acceptors (Lipinski definition) is 3. The Kier molecular flexibility index (Phi) is 2.26. The van der Waals surface area contributed by atoms with Gasteiger partial charge in [-0.25, -0.2) is 9.98 Å². The van der Waals surface area contributed by atoms with Crippen LogP contribution in [0.25, 0.3) is 0 Å². The molecule has 0 radical (unpaired) electrons. The lowest BCUT2D eigenvalue weighted by atomic mass is 9.73. The summed E-state index contributed by atoms with van der Waals surface area (Å²) in [6, 6.07) is 2.01. The summed E-state index contributed by atoms with van der Waals surface area (Å²) in [7, 11) is 0. The molecular weight excluding hydrogens is 224 g/mol. The summed E-state index contributed by atoms with van der Waals surface area (Å²) in [5.41, 5.74) is 2.37. The standard InChI is InChI=1S/C12H13ClN2O/c1-8-12(2-4-16-5-3-12)10-6-9(13)7-14-11(10)15-8/h6-7H,2-5H2,1H3. The van der Waals surface area contributed by atoms with Gasteiger partial charge in [-0.2, -0.15) is 0 Å².